The van der Waals surface area contributed by atoms with Crippen LogP contribution in [0.4, 0.5) is 0 Å². The molecule has 0 fully saturated rings. The number of hydrogen-bond acceptors (Lipinski definition) is 3. The van der Waals surface area contributed by atoms with E-state index in [1.807, 2.05) is 11.3 Å². The Balaban J connectivity index is 2.21. The summed E-state index contributed by atoms with van der Waals surface area (Å²) in [6, 6.07) is 6.42. The molecule has 0 N–H and O–H groups in total. The Kier molecular flexibility index (Phi) is 4.76. The van der Waals surface area contributed by atoms with Crippen molar-refractivity contribution in [2.24, 2.45) is 0 Å². The summed E-state index contributed by atoms with van der Waals surface area (Å²) < 4.78 is 11.0. The van der Waals surface area contributed by atoms with Crippen LogP contribution in [-0.4, -0.2) is 13.9 Å². The van der Waals surface area contributed by atoms with Crippen LogP contribution in [-0.2, 0) is 15.6 Å². The Morgan fingerprint density at radius 3 is 2.36 bits per heavy atom. The van der Waals surface area contributed by atoms with Crippen molar-refractivity contribution in [3.63, 3.8) is 0 Å². The number of rotatable bonds is 4. The van der Waals surface area contributed by atoms with Crippen LogP contribution in [0.25, 0.3) is 10.4 Å². The summed E-state index contributed by atoms with van der Waals surface area (Å²) in [5.41, 5.74) is 5.91. The van der Waals surface area contributed by atoms with E-state index < -0.39 is 0 Å². The van der Waals surface area contributed by atoms with Crippen molar-refractivity contribution in [3.05, 3.63) is 39.8 Å². The van der Waals surface area contributed by atoms with Gasteiger partial charge in [0.15, 0.2) is 6.79 Å². The van der Waals surface area contributed by atoms with Crippen molar-refractivity contribution in [2.75, 3.05) is 13.9 Å². The average molecular weight is 359 g/mol. The fourth-order valence-corrected chi connectivity index (χ4v) is 5.63. The average Bonchev–Trinajstić information content (AvgIpc) is 2.90. The van der Waals surface area contributed by atoms with Crippen LogP contribution in [0, 0.1) is 13.8 Å². The number of ether oxygens (including phenoxy) is 2. The summed E-state index contributed by atoms with van der Waals surface area (Å²) in [6.45, 7) is 14.3. The van der Waals surface area contributed by atoms with Gasteiger partial charge in [-0.3, -0.25) is 0 Å². The monoisotopic (exact) mass is 358 g/mol. The van der Waals surface area contributed by atoms with Gasteiger partial charge in [-0.1, -0.05) is 39.3 Å². The predicted molar refractivity (Wildman–Crippen MR) is 107 cm³/mol. The van der Waals surface area contributed by atoms with Crippen molar-refractivity contribution < 1.29 is 9.47 Å². The molecule has 1 aliphatic carbocycles. The number of hydrogen-bond donors (Lipinski definition) is 0. The third kappa shape index (κ3) is 3.24. The van der Waals surface area contributed by atoms with E-state index in [2.05, 4.69) is 59.7 Å². The molecule has 1 aromatic carbocycles. The zero-order chi connectivity index (χ0) is 18.4. The van der Waals surface area contributed by atoms with E-state index in [9.17, 15) is 0 Å². The summed E-state index contributed by atoms with van der Waals surface area (Å²) >= 11 is 1.96. The maximum absolute atomic E-state index is 5.87. The second kappa shape index (κ2) is 6.44. The van der Waals surface area contributed by atoms with Crippen molar-refractivity contribution >= 4 is 11.3 Å². The highest BCUT2D eigenvalue weighted by Crippen LogP contribution is 2.54. The Bertz CT molecular complexity index is 784. The lowest BCUT2D eigenvalue weighted by atomic mass is 9.66. The van der Waals surface area contributed by atoms with Crippen molar-refractivity contribution in [1.82, 2.24) is 0 Å². The van der Waals surface area contributed by atoms with Crippen LogP contribution in [0.1, 0.15) is 62.1 Å². The lowest BCUT2D eigenvalue weighted by Crippen LogP contribution is -2.32. The number of aryl methyl sites for hydroxylation is 1. The van der Waals surface area contributed by atoms with Crippen molar-refractivity contribution in [2.45, 2.75) is 65.2 Å². The van der Waals surface area contributed by atoms with Gasteiger partial charge in [0, 0.05) is 22.4 Å². The molecule has 2 aromatic rings. The van der Waals surface area contributed by atoms with E-state index >= 15 is 0 Å². The molecular weight excluding hydrogens is 328 g/mol. The van der Waals surface area contributed by atoms with E-state index in [0.717, 1.165) is 5.75 Å². The maximum Gasteiger partial charge on any atom is 0.188 e. The summed E-state index contributed by atoms with van der Waals surface area (Å²) in [6.07, 6.45) is 2.48. The molecule has 3 rings (SSSR count). The van der Waals surface area contributed by atoms with Gasteiger partial charge in [-0.25, -0.2) is 0 Å². The molecule has 0 amide bonds. The number of methoxy groups -OCH3 is 1. The molecule has 2 nitrogen and oxygen atoms in total. The minimum absolute atomic E-state index is 0.237. The van der Waals surface area contributed by atoms with Crippen LogP contribution in [0.3, 0.4) is 0 Å². The zero-order valence-electron chi connectivity index (χ0n) is 16.6. The zero-order valence-corrected chi connectivity index (χ0v) is 17.4. The molecule has 0 bridgehead atoms. The van der Waals surface area contributed by atoms with E-state index in [1.165, 1.54) is 34.4 Å². The van der Waals surface area contributed by atoms with Gasteiger partial charge >= 0.3 is 0 Å². The Hall–Kier alpha value is -1.32. The highest BCUT2D eigenvalue weighted by atomic mass is 32.1. The third-order valence-electron chi connectivity index (χ3n) is 5.53. The van der Waals surface area contributed by atoms with Crippen LogP contribution in [0.2, 0.25) is 0 Å². The fraction of sp³-hybridized carbons (Fsp3) is 0.545. The first kappa shape index (κ1) is 18.5. The van der Waals surface area contributed by atoms with Gasteiger partial charge in [0.1, 0.15) is 5.75 Å². The van der Waals surface area contributed by atoms with Gasteiger partial charge < -0.3 is 9.47 Å². The van der Waals surface area contributed by atoms with Gasteiger partial charge in [0.05, 0.1) is 0 Å². The van der Waals surface area contributed by atoms with Crippen LogP contribution in [0.15, 0.2) is 18.2 Å². The summed E-state index contributed by atoms with van der Waals surface area (Å²) in [7, 11) is 1.66. The molecule has 136 valence electrons. The number of benzene rings is 1. The summed E-state index contributed by atoms with van der Waals surface area (Å²) in [4.78, 5) is 2.90. The van der Waals surface area contributed by atoms with Gasteiger partial charge in [-0.15, -0.1) is 11.3 Å². The molecule has 0 atom stereocenters. The number of thiophene rings is 1. The molecule has 1 aromatic heterocycles. The molecule has 25 heavy (non-hydrogen) atoms. The smallest absolute Gasteiger partial charge is 0.188 e. The first-order chi connectivity index (χ1) is 11.7. The first-order valence-electron chi connectivity index (χ1n) is 9.04. The van der Waals surface area contributed by atoms with Crippen LogP contribution < -0.4 is 4.74 Å². The molecule has 0 saturated carbocycles. The lowest BCUT2D eigenvalue weighted by Gasteiger charge is -2.39. The summed E-state index contributed by atoms with van der Waals surface area (Å²) in [5.74, 6) is 0.907. The normalized spacial score (nSPS) is 18.0. The second-order valence-electron chi connectivity index (χ2n) is 8.58. The quantitative estimate of drug-likeness (QED) is 0.592. The standard InChI is InChI=1S/C22H30O2S/c1-14-8-9-17(24-13-23-7)16(12-14)19-15(2)18-20(25-19)22(5,6)11-10-21(18,3)4/h8-9,12H,10-11,13H2,1-7H3. The van der Waals surface area contributed by atoms with Crippen molar-refractivity contribution in [1.29, 1.82) is 0 Å². The molecule has 0 spiro atoms. The van der Waals surface area contributed by atoms with E-state index in [-0.39, 0.29) is 17.6 Å². The topological polar surface area (TPSA) is 18.5 Å². The van der Waals surface area contributed by atoms with Gasteiger partial charge in [-0.05, 0) is 60.8 Å². The fourth-order valence-electron chi connectivity index (χ4n) is 3.99. The van der Waals surface area contributed by atoms with E-state index in [4.69, 9.17) is 9.47 Å². The highest BCUT2D eigenvalue weighted by molar-refractivity contribution is 7.16. The van der Waals surface area contributed by atoms with Gasteiger partial charge in [-0.2, -0.15) is 0 Å². The van der Waals surface area contributed by atoms with E-state index in [1.54, 1.807) is 17.6 Å². The molecule has 0 aliphatic heterocycles. The van der Waals surface area contributed by atoms with Gasteiger partial charge in [0.2, 0.25) is 0 Å². The van der Waals surface area contributed by atoms with Crippen molar-refractivity contribution in [3.8, 4) is 16.2 Å². The number of fused-ring (bicyclic) bond motifs is 1. The molecule has 0 unspecified atom stereocenters. The van der Waals surface area contributed by atoms with Crippen LogP contribution in [0.5, 0.6) is 5.75 Å². The largest absolute Gasteiger partial charge is 0.467 e. The Labute approximate surface area is 156 Å². The minimum Gasteiger partial charge on any atom is -0.467 e. The summed E-state index contributed by atoms with van der Waals surface area (Å²) in [5, 5.41) is 0. The molecule has 3 heteroatoms. The molecule has 1 heterocycles. The van der Waals surface area contributed by atoms with Gasteiger partial charge in [0.25, 0.3) is 0 Å². The maximum atomic E-state index is 5.87. The molecule has 1 aliphatic rings. The lowest BCUT2D eigenvalue weighted by molar-refractivity contribution is 0.0515. The Morgan fingerprint density at radius 1 is 1.04 bits per heavy atom. The molecule has 0 saturated heterocycles. The van der Waals surface area contributed by atoms with E-state index in [0.29, 0.717) is 0 Å². The highest BCUT2D eigenvalue weighted by Gasteiger charge is 2.41. The molecular formula is C22H30O2S. The second-order valence-corrected chi connectivity index (χ2v) is 9.60. The molecule has 0 radical (unpaired) electrons. The Morgan fingerprint density at radius 2 is 1.72 bits per heavy atom. The third-order valence-corrected chi connectivity index (χ3v) is 7.22. The predicted octanol–water partition coefficient (Wildman–Crippen LogP) is 6.36. The SMILES string of the molecule is COCOc1ccc(C)cc1-c1sc2c(c1C)C(C)(C)CCC2(C)C. The van der Waals surface area contributed by atoms with Crippen LogP contribution >= 0.6 is 11.3 Å². The first-order valence-corrected chi connectivity index (χ1v) is 9.86. The minimum atomic E-state index is 0.237.